The number of unbranched alkanes of at least 4 members (excludes halogenated alkanes) is 3. The van der Waals surface area contributed by atoms with E-state index in [0.717, 1.165) is 62.3 Å². The third-order valence-corrected chi connectivity index (χ3v) is 9.61. The van der Waals surface area contributed by atoms with Gasteiger partial charge in [-0.3, -0.25) is 4.79 Å². The zero-order valence-corrected chi connectivity index (χ0v) is 15.0. The maximum atomic E-state index is 12.3. The Bertz CT molecular complexity index is 397. The van der Waals surface area contributed by atoms with Gasteiger partial charge in [-0.1, -0.05) is 46.9 Å². The SMILES string of the molecule is CCCCP(CCCC)(CCCC)=C1C(=O)OC(=O)C1C. The Hall–Kier alpha value is -0.560. The molecule has 0 aromatic carbocycles. The lowest BCUT2D eigenvalue weighted by Crippen LogP contribution is -2.21. The first-order chi connectivity index (χ1) is 10.0. The fraction of sp³-hybridized carbons (Fsp3) is 0.824. The summed E-state index contributed by atoms with van der Waals surface area (Å²) in [6.45, 7) is 6.93. The first-order valence-corrected chi connectivity index (χ1v) is 10.9. The monoisotopic (exact) mass is 314 g/mol. The quantitative estimate of drug-likeness (QED) is 0.362. The summed E-state index contributed by atoms with van der Waals surface area (Å²) in [5, 5.41) is 0.878. The van der Waals surface area contributed by atoms with E-state index in [1.165, 1.54) is 0 Å². The summed E-state index contributed by atoms with van der Waals surface area (Å²) in [6, 6.07) is 0. The predicted octanol–water partition coefficient (Wildman–Crippen LogP) is 4.30. The van der Waals surface area contributed by atoms with Gasteiger partial charge < -0.3 is 4.74 Å². The third kappa shape index (κ3) is 4.45. The molecule has 0 saturated carbocycles. The number of ether oxygens (including phenoxy) is 1. The molecule has 0 aliphatic carbocycles. The Kier molecular flexibility index (Phi) is 7.73. The van der Waals surface area contributed by atoms with Crippen LogP contribution in [0.4, 0.5) is 0 Å². The zero-order chi connectivity index (χ0) is 15.9. The van der Waals surface area contributed by atoms with E-state index in [1.54, 1.807) is 0 Å². The molecule has 1 saturated heterocycles. The molecular weight excluding hydrogens is 283 g/mol. The summed E-state index contributed by atoms with van der Waals surface area (Å²) in [7, 11) is 0. The summed E-state index contributed by atoms with van der Waals surface area (Å²) in [6.07, 6.45) is 10.2. The fourth-order valence-electron chi connectivity index (χ4n) is 3.20. The molecule has 0 amide bonds. The molecule has 1 fully saturated rings. The molecular formula is C17H31O3P. The number of carbonyl (C=O) groups is 2. The second-order valence-corrected chi connectivity index (χ2v) is 10.3. The Morgan fingerprint density at radius 1 is 0.905 bits per heavy atom. The van der Waals surface area contributed by atoms with Crippen molar-refractivity contribution in [2.45, 2.75) is 66.2 Å². The maximum absolute atomic E-state index is 12.3. The number of hydrogen-bond donors (Lipinski definition) is 0. The Morgan fingerprint density at radius 3 is 1.62 bits per heavy atom. The highest BCUT2D eigenvalue weighted by Crippen LogP contribution is 2.54. The lowest BCUT2D eigenvalue weighted by Gasteiger charge is -2.29. The van der Waals surface area contributed by atoms with Gasteiger partial charge in [0.15, 0.2) is 0 Å². The van der Waals surface area contributed by atoms with Gasteiger partial charge in [0.25, 0.3) is 0 Å². The topological polar surface area (TPSA) is 43.4 Å². The third-order valence-electron chi connectivity index (χ3n) is 4.50. The van der Waals surface area contributed by atoms with Crippen molar-refractivity contribution in [1.82, 2.24) is 0 Å². The summed E-state index contributed by atoms with van der Waals surface area (Å²) >= 11 is 0. The minimum absolute atomic E-state index is 0.302. The lowest BCUT2D eigenvalue weighted by atomic mass is 10.1. The van der Waals surface area contributed by atoms with Gasteiger partial charge in [0.1, 0.15) is 0 Å². The smallest absolute Gasteiger partial charge is 0.342 e. The van der Waals surface area contributed by atoms with E-state index in [0.29, 0.717) is 0 Å². The molecule has 0 aromatic heterocycles. The molecule has 1 aliphatic rings. The average molecular weight is 314 g/mol. The molecule has 4 heteroatoms. The van der Waals surface area contributed by atoms with E-state index >= 15 is 0 Å². The lowest BCUT2D eigenvalue weighted by molar-refractivity contribution is -0.152. The van der Waals surface area contributed by atoms with E-state index in [1.807, 2.05) is 6.92 Å². The fourth-order valence-corrected chi connectivity index (χ4v) is 8.72. The van der Waals surface area contributed by atoms with Crippen LogP contribution >= 0.6 is 6.89 Å². The number of rotatable bonds is 9. The van der Waals surface area contributed by atoms with Crippen molar-refractivity contribution in [3.05, 3.63) is 0 Å². The molecule has 3 nitrogen and oxygen atoms in total. The molecule has 1 rings (SSSR count). The minimum atomic E-state index is -1.52. The molecule has 0 spiro atoms. The largest absolute Gasteiger partial charge is 0.389 e. The van der Waals surface area contributed by atoms with Gasteiger partial charge in [0.05, 0.1) is 5.92 Å². The molecule has 0 radical (unpaired) electrons. The Labute approximate surface area is 129 Å². The molecule has 122 valence electrons. The first kappa shape index (κ1) is 18.5. The van der Waals surface area contributed by atoms with E-state index in [4.69, 9.17) is 4.74 Å². The van der Waals surface area contributed by atoms with Crippen LogP contribution in [0.1, 0.15) is 66.2 Å². The van der Waals surface area contributed by atoms with Crippen molar-refractivity contribution >= 4 is 24.1 Å². The summed E-state index contributed by atoms with van der Waals surface area (Å²) < 4.78 is 4.94. The van der Waals surface area contributed by atoms with Crippen LogP contribution in [-0.2, 0) is 14.3 Å². The number of cyclic esters (lactones) is 2. The first-order valence-electron chi connectivity index (χ1n) is 8.51. The van der Waals surface area contributed by atoms with Crippen LogP contribution in [0, 0.1) is 5.92 Å². The second-order valence-electron chi connectivity index (χ2n) is 6.19. The molecule has 21 heavy (non-hydrogen) atoms. The molecule has 1 atom stereocenters. The average Bonchev–Trinajstić information content (AvgIpc) is 2.73. The van der Waals surface area contributed by atoms with Crippen molar-refractivity contribution in [2.24, 2.45) is 5.92 Å². The summed E-state index contributed by atoms with van der Waals surface area (Å²) in [4.78, 5) is 24.1. The predicted molar refractivity (Wildman–Crippen MR) is 91.5 cm³/mol. The van der Waals surface area contributed by atoms with Gasteiger partial charge in [-0.2, -0.15) is 0 Å². The normalized spacial score (nSPS) is 19.2. The van der Waals surface area contributed by atoms with E-state index in [2.05, 4.69) is 20.8 Å². The Morgan fingerprint density at radius 2 is 1.33 bits per heavy atom. The Balaban J connectivity index is 3.29. The zero-order valence-electron chi connectivity index (χ0n) is 14.1. The molecule has 1 heterocycles. The van der Waals surface area contributed by atoms with Crippen LogP contribution < -0.4 is 0 Å². The van der Waals surface area contributed by atoms with Gasteiger partial charge in [0, 0.05) is 5.29 Å². The molecule has 0 aromatic rings. The van der Waals surface area contributed by atoms with Gasteiger partial charge >= 0.3 is 11.9 Å². The standard InChI is InChI=1S/C17H31O3P/c1-5-8-11-21(12-9-6-2,13-10-7-3)15-14(4)16(18)20-17(15)19/h14H,5-13H2,1-4H3. The molecule has 1 aliphatic heterocycles. The highest BCUT2D eigenvalue weighted by Gasteiger charge is 2.41. The summed E-state index contributed by atoms with van der Waals surface area (Å²) in [5.74, 6) is -0.940. The highest BCUT2D eigenvalue weighted by molar-refractivity contribution is 7.78. The van der Waals surface area contributed by atoms with Crippen LogP contribution in [0.15, 0.2) is 0 Å². The maximum Gasteiger partial charge on any atom is 0.342 e. The van der Waals surface area contributed by atoms with Crippen molar-refractivity contribution in [3.8, 4) is 0 Å². The highest BCUT2D eigenvalue weighted by atomic mass is 31.2. The minimum Gasteiger partial charge on any atom is -0.389 e. The van der Waals surface area contributed by atoms with Crippen LogP contribution in [0.5, 0.6) is 0 Å². The van der Waals surface area contributed by atoms with Crippen molar-refractivity contribution in [1.29, 1.82) is 0 Å². The number of esters is 2. The van der Waals surface area contributed by atoms with Crippen LogP contribution in [0.2, 0.25) is 0 Å². The van der Waals surface area contributed by atoms with Crippen LogP contribution in [0.25, 0.3) is 0 Å². The second kappa shape index (κ2) is 8.78. The molecule has 0 N–H and O–H groups in total. The van der Waals surface area contributed by atoms with Gasteiger partial charge in [-0.25, -0.2) is 4.79 Å². The van der Waals surface area contributed by atoms with Crippen LogP contribution in [0.3, 0.4) is 0 Å². The van der Waals surface area contributed by atoms with Gasteiger partial charge in [-0.05, 0) is 44.7 Å². The summed E-state index contributed by atoms with van der Waals surface area (Å²) in [5.41, 5.74) is 0. The molecule has 1 unspecified atom stereocenters. The molecule has 0 bridgehead atoms. The van der Waals surface area contributed by atoms with Crippen LogP contribution in [-0.4, -0.2) is 35.7 Å². The van der Waals surface area contributed by atoms with Crippen molar-refractivity contribution in [2.75, 3.05) is 18.5 Å². The van der Waals surface area contributed by atoms with Gasteiger partial charge in [0.2, 0.25) is 0 Å². The van der Waals surface area contributed by atoms with Gasteiger partial charge in [-0.15, -0.1) is 0 Å². The number of hydrogen-bond acceptors (Lipinski definition) is 3. The van der Waals surface area contributed by atoms with E-state index in [-0.39, 0.29) is 17.9 Å². The van der Waals surface area contributed by atoms with E-state index in [9.17, 15) is 9.59 Å². The van der Waals surface area contributed by atoms with Crippen molar-refractivity contribution < 1.29 is 14.3 Å². The van der Waals surface area contributed by atoms with E-state index < -0.39 is 6.89 Å². The number of carbonyl (C=O) groups excluding carboxylic acids is 2. The van der Waals surface area contributed by atoms with Crippen molar-refractivity contribution in [3.63, 3.8) is 0 Å².